The number of fused-ring (bicyclic) bond motifs is 3. The zero-order chi connectivity index (χ0) is 17.6. The van der Waals surface area contributed by atoms with Crippen LogP contribution < -0.4 is 16.0 Å². The minimum Gasteiger partial charge on any atom is -0.368 e. The Bertz CT molecular complexity index is 825. The standard InChI is InChI=1S/C21H27N5/c22-20-24-18-16-8-2-1-6-15(16)7-3-9-17(18)19(25-20)26-13-5-11-21(14-26)10-4-12-23-21/h1-2,6,8,23H,3-5,7,9-14H2,(H2,22,24,25). The van der Waals surface area contributed by atoms with Crippen LogP contribution in [-0.4, -0.2) is 35.1 Å². The molecule has 2 fully saturated rings. The van der Waals surface area contributed by atoms with Crippen molar-refractivity contribution < 1.29 is 0 Å². The second kappa shape index (κ2) is 6.23. The fourth-order valence-electron chi connectivity index (χ4n) is 5.16. The van der Waals surface area contributed by atoms with Crippen molar-refractivity contribution in [2.45, 2.75) is 50.5 Å². The molecule has 3 heterocycles. The molecule has 1 aromatic carbocycles. The highest BCUT2D eigenvalue weighted by Crippen LogP contribution is 2.38. The molecule has 26 heavy (non-hydrogen) atoms. The summed E-state index contributed by atoms with van der Waals surface area (Å²) in [5.41, 5.74) is 11.4. The summed E-state index contributed by atoms with van der Waals surface area (Å²) in [6, 6.07) is 8.63. The molecule has 1 aromatic heterocycles. The van der Waals surface area contributed by atoms with Gasteiger partial charge in [-0.1, -0.05) is 24.3 Å². The molecule has 3 N–H and O–H groups in total. The number of aryl methyl sites for hydroxylation is 1. The largest absolute Gasteiger partial charge is 0.368 e. The number of hydrogen-bond acceptors (Lipinski definition) is 5. The molecule has 2 aromatic rings. The van der Waals surface area contributed by atoms with Crippen molar-refractivity contribution in [3.63, 3.8) is 0 Å². The number of piperidine rings is 1. The third kappa shape index (κ3) is 2.65. The molecule has 5 nitrogen and oxygen atoms in total. The molecule has 0 radical (unpaired) electrons. The Balaban J connectivity index is 1.60. The molecule has 5 heteroatoms. The number of benzene rings is 1. The van der Waals surface area contributed by atoms with E-state index in [1.54, 1.807) is 0 Å². The number of aromatic nitrogens is 2. The zero-order valence-corrected chi connectivity index (χ0v) is 15.3. The third-order valence-electron chi connectivity index (χ3n) is 6.36. The van der Waals surface area contributed by atoms with Crippen LogP contribution in [-0.2, 0) is 12.8 Å². The Morgan fingerprint density at radius 2 is 1.92 bits per heavy atom. The van der Waals surface area contributed by atoms with Crippen molar-refractivity contribution in [1.29, 1.82) is 0 Å². The molecule has 2 saturated heterocycles. The summed E-state index contributed by atoms with van der Waals surface area (Å²) in [5, 5.41) is 3.78. The van der Waals surface area contributed by atoms with Crippen molar-refractivity contribution in [3.05, 3.63) is 35.4 Å². The van der Waals surface area contributed by atoms with Crippen LogP contribution in [0.1, 0.15) is 43.2 Å². The normalized spacial score (nSPS) is 25.0. The van der Waals surface area contributed by atoms with E-state index in [-0.39, 0.29) is 5.54 Å². The van der Waals surface area contributed by atoms with Gasteiger partial charge in [-0.05, 0) is 57.1 Å². The van der Waals surface area contributed by atoms with Crippen LogP contribution in [0, 0.1) is 0 Å². The van der Waals surface area contributed by atoms with Gasteiger partial charge in [-0.15, -0.1) is 0 Å². The lowest BCUT2D eigenvalue weighted by atomic mass is 9.87. The van der Waals surface area contributed by atoms with Crippen LogP contribution in [0.25, 0.3) is 11.3 Å². The number of rotatable bonds is 1. The Morgan fingerprint density at radius 1 is 1.04 bits per heavy atom. The van der Waals surface area contributed by atoms with E-state index in [2.05, 4.69) is 39.5 Å². The van der Waals surface area contributed by atoms with Crippen LogP contribution >= 0.6 is 0 Å². The fourth-order valence-corrected chi connectivity index (χ4v) is 5.16. The molecule has 3 aliphatic rings. The highest BCUT2D eigenvalue weighted by atomic mass is 15.3. The van der Waals surface area contributed by atoms with Gasteiger partial charge in [0.25, 0.3) is 0 Å². The first-order chi connectivity index (χ1) is 12.7. The van der Waals surface area contributed by atoms with Gasteiger partial charge >= 0.3 is 0 Å². The number of hydrogen-bond donors (Lipinski definition) is 2. The predicted molar refractivity (Wildman–Crippen MR) is 105 cm³/mol. The van der Waals surface area contributed by atoms with E-state index in [1.807, 2.05) is 0 Å². The van der Waals surface area contributed by atoms with E-state index in [0.29, 0.717) is 5.95 Å². The van der Waals surface area contributed by atoms with Gasteiger partial charge in [0.15, 0.2) is 0 Å². The van der Waals surface area contributed by atoms with Crippen LogP contribution in [0.4, 0.5) is 11.8 Å². The van der Waals surface area contributed by atoms with Crippen LogP contribution in [0.5, 0.6) is 0 Å². The summed E-state index contributed by atoms with van der Waals surface area (Å²) in [6.45, 7) is 3.25. The number of nitrogen functional groups attached to an aromatic ring is 1. The zero-order valence-electron chi connectivity index (χ0n) is 15.3. The van der Waals surface area contributed by atoms with Gasteiger partial charge in [0.2, 0.25) is 5.95 Å². The number of nitrogens with two attached hydrogens (primary N) is 1. The Labute approximate surface area is 155 Å². The summed E-state index contributed by atoms with van der Waals surface area (Å²) in [4.78, 5) is 11.9. The van der Waals surface area contributed by atoms with E-state index in [0.717, 1.165) is 50.4 Å². The Hall–Kier alpha value is -2.14. The molecule has 5 rings (SSSR count). The van der Waals surface area contributed by atoms with Crippen molar-refractivity contribution in [3.8, 4) is 11.3 Å². The molecule has 2 aliphatic heterocycles. The van der Waals surface area contributed by atoms with Crippen molar-refractivity contribution >= 4 is 11.8 Å². The van der Waals surface area contributed by atoms with E-state index < -0.39 is 0 Å². The minimum atomic E-state index is 0.271. The van der Waals surface area contributed by atoms with Crippen LogP contribution in [0.15, 0.2) is 24.3 Å². The van der Waals surface area contributed by atoms with Crippen LogP contribution in [0.3, 0.4) is 0 Å². The van der Waals surface area contributed by atoms with Gasteiger partial charge in [0, 0.05) is 29.8 Å². The first-order valence-electron chi connectivity index (χ1n) is 9.99. The summed E-state index contributed by atoms with van der Waals surface area (Å²) >= 11 is 0. The highest BCUT2D eigenvalue weighted by Gasteiger charge is 2.39. The molecular weight excluding hydrogens is 322 g/mol. The van der Waals surface area contributed by atoms with Gasteiger partial charge in [-0.3, -0.25) is 0 Å². The van der Waals surface area contributed by atoms with Crippen molar-refractivity contribution in [2.75, 3.05) is 30.3 Å². The maximum Gasteiger partial charge on any atom is 0.222 e. The lowest BCUT2D eigenvalue weighted by molar-refractivity contribution is 0.307. The van der Waals surface area contributed by atoms with E-state index in [4.69, 9.17) is 10.7 Å². The first-order valence-corrected chi connectivity index (χ1v) is 9.99. The van der Waals surface area contributed by atoms with Crippen LogP contribution in [0.2, 0.25) is 0 Å². The number of anilines is 2. The van der Waals surface area contributed by atoms with E-state index >= 15 is 0 Å². The second-order valence-corrected chi connectivity index (χ2v) is 8.08. The molecule has 136 valence electrons. The Morgan fingerprint density at radius 3 is 2.81 bits per heavy atom. The summed E-state index contributed by atoms with van der Waals surface area (Å²) in [6.07, 6.45) is 8.30. The third-order valence-corrected chi connectivity index (χ3v) is 6.36. The van der Waals surface area contributed by atoms with Gasteiger partial charge < -0.3 is 16.0 Å². The first kappa shape index (κ1) is 16.1. The number of nitrogens with one attached hydrogen (secondary N) is 1. The predicted octanol–water partition coefficient (Wildman–Crippen LogP) is 2.94. The van der Waals surface area contributed by atoms with E-state index in [9.17, 15) is 0 Å². The SMILES string of the molecule is Nc1nc2c(c(N3CCCC4(CCCN4)C3)n1)CCCc1ccccc1-2. The molecule has 0 amide bonds. The van der Waals surface area contributed by atoms with Crippen molar-refractivity contribution in [2.24, 2.45) is 0 Å². The van der Waals surface area contributed by atoms with Gasteiger partial charge in [0.05, 0.1) is 5.69 Å². The molecule has 1 spiro atoms. The molecule has 1 aliphatic carbocycles. The average molecular weight is 349 g/mol. The lowest BCUT2D eigenvalue weighted by Crippen LogP contribution is -2.54. The smallest absolute Gasteiger partial charge is 0.222 e. The molecule has 1 atom stereocenters. The second-order valence-electron chi connectivity index (χ2n) is 8.08. The fraction of sp³-hybridized carbons (Fsp3) is 0.524. The monoisotopic (exact) mass is 349 g/mol. The van der Waals surface area contributed by atoms with Gasteiger partial charge in [-0.2, -0.15) is 4.98 Å². The molecule has 0 bridgehead atoms. The molecule has 0 saturated carbocycles. The maximum atomic E-state index is 6.18. The van der Waals surface area contributed by atoms with Gasteiger partial charge in [0.1, 0.15) is 5.82 Å². The minimum absolute atomic E-state index is 0.271. The quantitative estimate of drug-likeness (QED) is 0.828. The average Bonchev–Trinajstić information content (AvgIpc) is 3.01. The summed E-state index contributed by atoms with van der Waals surface area (Å²) in [7, 11) is 0. The van der Waals surface area contributed by atoms with Gasteiger partial charge in [-0.25, -0.2) is 4.98 Å². The molecular formula is C21H27N5. The van der Waals surface area contributed by atoms with Crippen molar-refractivity contribution in [1.82, 2.24) is 15.3 Å². The maximum absolute atomic E-state index is 6.18. The summed E-state index contributed by atoms with van der Waals surface area (Å²) < 4.78 is 0. The topological polar surface area (TPSA) is 67.1 Å². The number of nitrogens with zero attached hydrogens (tertiary/aromatic N) is 3. The van der Waals surface area contributed by atoms with E-state index in [1.165, 1.54) is 42.4 Å². The lowest BCUT2D eigenvalue weighted by Gasteiger charge is -2.42. The summed E-state index contributed by atoms with van der Waals surface area (Å²) in [5.74, 6) is 1.48. The Kier molecular flexibility index (Phi) is 3.85. The molecule has 1 unspecified atom stereocenters. The highest BCUT2D eigenvalue weighted by molar-refractivity contribution is 5.74.